The lowest BCUT2D eigenvalue weighted by molar-refractivity contribution is -0.131. The highest BCUT2D eigenvalue weighted by Crippen LogP contribution is 2.64. The fourth-order valence-electron chi connectivity index (χ4n) is 8.92. The van der Waals surface area contributed by atoms with Crippen LogP contribution in [-0.4, -0.2) is 44.9 Å². The minimum atomic E-state index is -1.50. The van der Waals surface area contributed by atoms with Crippen LogP contribution in [0.1, 0.15) is 47.2 Å². The van der Waals surface area contributed by atoms with Gasteiger partial charge in [0.1, 0.15) is 35.2 Å². The number of phenolic OH excluding ortho intramolecular Hbond substituents is 1. The van der Waals surface area contributed by atoms with Crippen LogP contribution in [0, 0.1) is 34.9 Å². The lowest BCUT2D eigenvalue weighted by Crippen LogP contribution is -2.48. The predicted octanol–water partition coefficient (Wildman–Crippen LogP) is 6.60. The van der Waals surface area contributed by atoms with Crippen LogP contribution in [0.2, 0.25) is 5.02 Å². The molecule has 4 aromatic carbocycles. The van der Waals surface area contributed by atoms with E-state index in [1.165, 1.54) is 24.3 Å². The molecule has 11 nitrogen and oxygen atoms in total. The van der Waals surface area contributed by atoms with E-state index >= 15 is 0 Å². The van der Waals surface area contributed by atoms with Crippen LogP contribution in [0.25, 0.3) is 0 Å². The van der Waals surface area contributed by atoms with Crippen LogP contribution in [0.5, 0.6) is 17.2 Å². The monoisotopic (exact) mass is 750 g/mol. The van der Waals surface area contributed by atoms with E-state index in [1.807, 2.05) is 36.4 Å². The van der Waals surface area contributed by atoms with Gasteiger partial charge in [-0.3, -0.25) is 19.2 Å². The summed E-state index contributed by atoms with van der Waals surface area (Å²) >= 11 is 6.09. The quantitative estimate of drug-likeness (QED) is 0.140. The molecule has 4 aromatic rings. The summed E-state index contributed by atoms with van der Waals surface area (Å²) in [6.07, 6.45) is 1.92. The number of phenols is 2. The number of halogens is 2. The second-order valence-electron chi connectivity index (χ2n) is 14.3. The summed E-state index contributed by atoms with van der Waals surface area (Å²) < 4.78 is 20.2. The normalized spacial score (nSPS) is 26.0. The molecule has 6 unspecified atom stereocenters. The maximum atomic E-state index is 14.7. The number of hydrogen-bond donors (Lipinski definition) is 3. The van der Waals surface area contributed by atoms with Gasteiger partial charge in [0.05, 0.1) is 39.6 Å². The minimum absolute atomic E-state index is 0.00383. The Labute approximate surface area is 312 Å². The molecule has 54 heavy (non-hydrogen) atoms. The van der Waals surface area contributed by atoms with E-state index in [-0.39, 0.29) is 41.6 Å². The number of carboxylic acids is 1. The number of nitrogens with zero attached hydrogens (tertiary/aromatic N) is 2. The maximum absolute atomic E-state index is 14.7. The summed E-state index contributed by atoms with van der Waals surface area (Å²) in [5, 5.41) is 31.2. The Hall–Kier alpha value is -6.01. The number of rotatable bonds is 7. The van der Waals surface area contributed by atoms with Gasteiger partial charge in [0.2, 0.25) is 23.6 Å². The van der Waals surface area contributed by atoms with E-state index in [1.54, 1.807) is 19.1 Å². The largest absolute Gasteiger partial charge is 0.508 e. The molecule has 1 saturated carbocycles. The average molecular weight is 751 g/mol. The Morgan fingerprint density at radius 2 is 1.59 bits per heavy atom. The lowest BCUT2D eigenvalue weighted by Gasteiger charge is -2.49. The Morgan fingerprint density at radius 3 is 2.28 bits per heavy atom. The van der Waals surface area contributed by atoms with Crippen molar-refractivity contribution in [2.75, 3.05) is 9.80 Å². The highest BCUT2D eigenvalue weighted by Gasteiger charge is 2.68. The van der Waals surface area contributed by atoms with E-state index in [0.29, 0.717) is 16.9 Å². The zero-order chi connectivity index (χ0) is 38.2. The van der Waals surface area contributed by atoms with Gasteiger partial charge in [-0.05, 0) is 67.6 Å². The molecular formula is C41H32ClFN2O9. The minimum Gasteiger partial charge on any atom is -0.508 e. The Balaban J connectivity index is 1.21. The van der Waals surface area contributed by atoms with Gasteiger partial charge in [-0.1, -0.05) is 59.6 Å². The number of ether oxygens (including phenoxy) is 1. The van der Waals surface area contributed by atoms with Crippen molar-refractivity contribution < 1.29 is 48.4 Å². The van der Waals surface area contributed by atoms with E-state index < -0.39 is 81.7 Å². The average Bonchev–Trinajstić information content (AvgIpc) is 3.52. The van der Waals surface area contributed by atoms with Gasteiger partial charge in [-0.25, -0.2) is 19.0 Å². The number of imide groups is 2. The van der Waals surface area contributed by atoms with Crippen molar-refractivity contribution in [3.63, 3.8) is 0 Å². The number of carbonyl (C=O) groups excluding carboxylic acids is 4. The highest BCUT2D eigenvalue weighted by molar-refractivity contribution is 6.32. The zero-order valence-electron chi connectivity index (χ0n) is 28.6. The van der Waals surface area contributed by atoms with Crippen molar-refractivity contribution >= 4 is 52.6 Å². The van der Waals surface area contributed by atoms with Gasteiger partial charge in [0.25, 0.3) is 0 Å². The molecule has 2 saturated heterocycles. The smallest absolute Gasteiger partial charge is 0.339 e. The maximum Gasteiger partial charge on any atom is 0.339 e. The molecule has 8 rings (SSSR count). The van der Waals surface area contributed by atoms with Gasteiger partial charge >= 0.3 is 5.97 Å². The molecule has 3 fully saturated rings. The van der Waals surface area contributed by atoms with Gasteiger partial charge < -0.3 is 20.1 Å². The fraction of sp³-hybridized carbons (Fsp3) is 0.244. The molecule has 2 aliphatic heterocycles. The van der Waals surface area contributed by atoms with E-state index in [0.717, 1.165) is 33.6 Å². The third-order valence-corrected chi connectivity index (χ3v) is 11.8. The van der Waals surface area contributed by atoms with Crippen molar-refractivity contribution in [1.29, 1.82) is 0 Å². The van der Waals surface area contributed by atoms with Gasteiger partial charge in [0.15, 0.2) is 0 Å². The number of carboxylic acid groups (broad SMARTS) is 1. The summed E-state index contributed by atoms with van der Waals surface area (Å²) in [5.74, 6) is -9.47. The number of aromatic hydroxyl groups is 2. The van der Waals surface area contributed by atoms with Crippen LogP contribution in [0.4, 0.5) is 15.8 Å². The van der Waals surface area contributed by atoms with Crippen LogP contribution in [0.3, 0.4) is 0 Å². The van der Waals surface area contributed by atoms with Crippen LogP contribution < -0.4 is 14.5 Å². The Bertz CT molecular complexity index is 2330. The number of carbonyl (C=O) groups is 5. The summed E-state index contributed by atoms with van der Waals surface area (Å²) in [4.78, 5) is 70.8. The first-order valence-corrected chi connectivity index (χ1v) is 17.7. The highest BCUT2D eigenvalue weighted by atomic mass is 35.5. The van der Waals surface area contributed by atoms with E-state index in [2.05, 4.69) is 0 Å². The van der Waals surface area contributed by atoms with Gasteiger partial charge in [-0.2, -0.15) is 0 Å². The Kier molecular flexibility index (Phi) is 8.33. The lowest BCUT2D eigenvalue weighted by atomic mass is 9.51. The summed E-state index contributed by atoms with van der Waals surface area (Å²) in [6.45, 7) is 1.88. The van der Waals surface area contributed by atoms with Crippen molar-refractivity contribution in [3.05, 3.63) is 124 Å². The molecule has 0 spiro atoms. The Morgan fingerprint density at radius 1 is 0.870 bits per heavy atom. The standard InChI is InChI=1S/C41H32ClFN2O9/c1-41-29(37(49)45(40(41)53)21-8-14-31(43)30(42)15-21)18-28-24(35(41)25-11-9-23(17-33(25)47)54-19-20-5-3-2-4-6-20)12-13-27-34(28)38(50)44(36(27)48)22-7-10-26(39(51)52)32(46)16-22/h2-12,14-17,27-29,34-35,46-47H,13,18-19H2,1H3,(H,51,52). The summed E-state index contributed by atoms with van der Waals surface area (Å²) in [6, 6.07) is 21.1. The second kappa shape index (κ2) is 12.8. The number of fused-ring (bicyclic) bond motifs is 4. The van der Waals surface area contributed by atoms with Crippen LogP contribution in [-0.2, 0) is 25.8 Å². The van der Waals surface area contributed by atoms with Crippen molar-refractivity contribution in [3.8, 4) is 17.2 Å². The number of benzene rings is 4. The number of aromatic carboxylic acids is 1. The number of allylic oxidation sites excluding steroid dienone is 2. The van der Waals surface area contributed by atoms with E-state index in [9.17, 15) is 43.7 Å². The molecular weight excluding hydrogens is 719 g/mol. The first-order valence-electron chi connectivity index (χ1n) is 17.3. The molecule has 4 aliphatic rings. The molecule has 274 valence electrons. The van der Waals surface area contributed by atoms with Crippen LogP contribution in [0.15, 0.2) is 96.6 Å². The van der Waals surface area contributed by atoms with Crippen LogP contribution >= 0.6 is 11.6 Å². The molecule has 0 radical (unpaired) electrons. The topological polar surface area (TPSA) is 162 Å². The third kappa shape index (κ3) is 5.26. The fourth-order valence-corrected chi connectivity index (χ4v) is 9.10. The summed E-state index contributed by atoms with van der Waals surface area (Å²) in [5.41, 5.74) is -0.0137. The van der Waals surface area contributed by atoms with Gasteiger partial charge in [0, 0.05) is 23.6 Å². The molecule has 13 heteroatoms. The second-order valence-corrected chi connectivity index (χ2v) is 14.7. The molecule has 3 N–H and O–H groups in total. The molecule has 2 aliphatic carbocycles. The molecule has 0 bridgehead atoms. The zero-order valence-corrected chi connectivity index (χ0v) is 29.4. The molecule has 6 atom stereocenters. The molecule has 2 heterocycles. The molecule has 0 aromatic heterocycles. The third-order valence-electron chi connectivity index (χ3n) is 11.5. The van der Waals surface area contributed by atoms with Crippen molar-refractivity contribution in [1.82, 2.24) is 0 Å². The SMILES string of the molecule is CC12C(=O)N(c3ccc(F)c(Cl)c3)C(=O)C1CC1C(=CCC3C(=O)N(c4ccc(C(=O)O)c(O)c4)C(=O)C31)C2c1ccc(OCc2ccccc2)cc1O. The van der Waals surface area contributed by atoms with Crippen molar-refractivity contribution in [2.45, 2.75) is 32.3 Å². The first-order chi connectivity index (χ1) is 25.8. The predicted molar refractivity (Wildman–Crippen MR) is 192 cm³/mol. The number of anilines is 2. The number of hydrogen-bond acceptors (Lipinski definition) is 8. The number of amides is 4. The van der Waals surface area contributed by atoms with Crippen molar-refractivity contribution in [2.24, 2.45) is 29.1 Å². The van der Waals surface area contributed by atoms with Gasteiger partial charge in [-0.15, -0.1) is 0 Å². The summed E-state index contributed by atoms with van der Waals surface area (Å²) in [7, 11) is 0. The molecule has 4 amide bonds. The van der Waals surface area contributed by atoms with E-state index in [4.69, 9.17) is 16.3 Å². The first kappa shape index (κ1) is 35.0.